The first kappa shape index (κ1) is 21.3. The lowest BCUT2D eigenvalue weighted by Gasteiger charge is -2.00. The summed E-state index contributed by atoms with van der Waals surface area (Å²) in [6.45, 7) is 5.03. The van der Waals surface area contributed by atoms with Gasteiger partial charge in [-0.2, -0.15) is 0 Å². The molecule has 0 fully saturated rings. The number of aliphatic hydroxyl groups excluding tert-OH is 4. The summed E-state index contributed by atoms with van der Waals surface area (Å²) < 4.78 is 0. The SMILES string of the molecule is C=CC(=O)O.CCCCO.OCCC(O)CO. The highest BCUT2D eigenvalue weighted by Gasteiger charge is 1.96. The Morgan fingerprint density at radius 2 is 1.76 bits per heavy atom. The minimum Gasteiger partial charge on any atom is -0.478 e. The van der Waals surface area contributed by atoms with Crippen molar-refractivity contribution in [1.29, 1.82) is 0 Å². The number of hydrogen-bond acceptors (Lipinski definition) is 5. The molecule has 5 N–H and O–H groups in total. The van der Waals surface area contributed by atoms with E-state index in [4.69, 9.17) is 25.5 Å². The van der Waals surface area contributed by atoms with Gasteiger partial charge in [0, 0.05) is 19.3 Å². The molecule has 17 heavy (non-hydrogen) atoms. The van der Waals surface area contributed by atoms with Crippen LogP contribution in [0.5, 0.6) is 0 Å². The highest BCUT2D eigenvalue weighted by molar-refractivity contribution is 5.78. The standard InChI is InChI=1S/C4H10O3.C4H10O.C3H4O2/c5-2-1-4(7)3-6;1-2-3-4-5;1-2-3(4)5/h4-7H,1-3H2;5H,2-4H2,1H3;2H,1H2,(H,4,5). The fraction of sp³-hybridized carbons (Fsp3) is 0.727. The van der Waals surface area contributed by atoms with Crippen LogP contribution in [0.3, 0.4) is 0 Å². The van der Waals surface area contributed by atoms with Crippen molar-refractivity contribution in [3.63, 3.8) is 0 Å². The van der Waals surface area contributed by atoms with Crippen LogP contribution >= 0.6 is 0 Å². The van der Waals surface area contributed by atoms with Crippen molar-refractivity contribution in [3.8, 4) is 0 Å². The van der Waals surface area contributed by atoms with E-state index < -0.39 is 12.1 Å². The van der Waals surface area contributed by atoms with Gasteiger partial charge in [0.1, 0.15) is 0 Å². The van der Waals surface area contributed by atoms with Gasteiger partial charge in [0.2, 0.25) is 0 Å². The minimum atomic E-state index is -0.981. The van der Waals surface area contributed by atoms with Crippen LogP contribution in [0.15, 0.2) is 12.7 Å². The molecule has 0 aliphatic rings. The van der Waals surface area contributed by atoms with Gasteiger partial charge in [-0.15, -0.1) is 0 Å². The van der Waals surface area contributed by atoms with Crippen molar-refractivity contribution in [3.05, 3.63) is 12.7 Å². The molecule has 104 valence electrons. The zero-order valence-corrected chi connectivity index (χ0v) is 10.2. The number of aliphatic hydroxyl groups is 4. The van der Waals surface area contributed by atoms with E-state index >= 15 is 0 Å². The average Bonchev–Trinajstić information content (AvgIpc) is 2.32. The second kappa shape index (κ2) is 20.5. The van der Waals surface area contributed by atoms with E-state index in [2.05, 4.69) is 13.5 Å². The van der Waals surface area contributed by atoms with Gasteiger partial charge in [-0.3, -0.25) is 0 Å². The fourth-order valence-electron chi connectivity index (χ4n) is 0.398. The van der Waals surface area contributed by atoms with Gasteiger partial charge in [0.25, 0.3) is 0 Å². The number of carboxylic acids is 1. The minimum absolute atomic E-state index is 0.0677. The van der Waals surface area contributed by atoms with Gasteiger partial charge >= 0.3 is 5.97 Å². The number of rotatable bonds is 6. The van der Waals surface area contributed by atoms with E-state index in [0.29, 0.717) is 6.61 Å². The first-order valence-corrected chi connectivity index (χ1v) is 5.36. The van der Waals surface area contributed by atoms with Gasteiger partial charge in [0.15, 0.2) is 0 Å². The highest BCUT2D eigenvalue weighted by atomic mass is 16.4. The molecule has 0 rings (SSSR count). The Hall–Kier alpha value is -0.950. The summed E-state index contributed by atoms with van der Waals surface area (Å²) in [4.78, 5) is 9.25. The molecule has 0 spiro atoms. The lowest BCUT2D eigenvalue weighted by Crippen LogP contribution is -2.12. The molecule has 0 aromatic rings. The Kier molecular flexibility index (Phi) is 25.7. The Bertz CT molecular complexity index is 158. The Morgan fingerprint density at radius 3 is 1.82 bits per heavy atom. The monoisotopic (exact) mass is 252 g/mol. The largest absolute Gasteiger partial charge is 0.478 e. The fourth-order valence-corrected chi connectivity index (χ4v) is 0.398. The summed E-state index contributed by atoms with van der Waals surface area (Å²) in [7, 11) is 0. The Labute approximate surface area is 102 Å². The van der Waals surface area contributed by atoms with E-state index in [1.165, 1.54) is 0 Å². The second-order valence-corrected chi connectivity index (χ2v) is 2.97. The normalized spacial score (nSPS) is 10.2. The maximum absolute atomic E-state index is 9.25. The van der Waals surface area contributed by atoms with Crippen LogP contribution < -0.4 is 0 Å². The molecule has 0 heterocycles. The number of hydrogen-bond donors (Lipinski definition) is 5. The van der Waals surface area contributed by atoms with Gasteiger partial charge in [-0.25, -0.2) is 4.79 Å². The molecule has 0 aliphatic carbocycles. The van der Waals surface area contributed by atoms with Crippen LogP contribution in [-0.4, -0.2) is 57.4 Å². The van der Waals surface area contributed by atoms with Crippen molar-refractivity contribution >= 4 is 5.97 Å². The van der Waals surface area contributed by atoms with Crippen LogP contribution in [0.4, 0.5) is 0 Å². The summed E-state index contributed by atoms with van der Waals surface area (Å²) in [6, 6.07) is 0. The van der Waals surface area contributed by atoms with Crippen LogP contribution in [-0.2, 0) is 4.79 Å². The lowest BCUT2D eigenvalue weighted by atomic mass is 10.3. The number of carbonyl (C=O) groups is 1. The molecule has 0 aromatic heterocycles. The summed E-state index contributed by atoms with van der Waals surface area (Å²) in [5.74, 6) is -0.981. The third-order valence-corrected chi connectivity index (χ3v) is 1.36. The lowest BCUT2D eigenvalue weighted by molar-refractivity contribution is -0.131. The van der Waals surface area contributed by atoms with E-state index in [1.54, 1.807) is 0 Å². The summed E-state index contributed by atoms with van der Waals surface area (Å²) in [6.07, 6.45) is 2.39. The quantitative estimate of drug-likeness (QED) is 0.416. The first-order chi connectivity index (χ1) is 7.99. The number of aliphatic carboxylic acids is 1. The summed E-state index contributed by atoms with van der Waals surface area (Å²) in [5.41, 5.74) is 0. The smallest absolute Gasteiger partial charge is 0.327 e. The molecule has 0 saturated heterocycles. The molecular formula is C11H24O6. The molecular weight excluding hydrogens is 228 g/mol. The molecule has 6 nitrogen and oxygen atoms in total. The first-order valence-electron chi connectivity index (χ1n) is 5.36. The average molecular weight is 252 g/mol. The maximum Gasteiger partial charge on any atom is 0.327 e. The highest BCUT2D eigenvalue weighted by Crippen LogP contribution is 1.84. The zero-order chi connectivity index (χ0) is 14.1. The molecule has 0 saturated carbocycles. The van der Waals surface area contributed by atoms with Crippen molar-refractivity contribution in [2.45, 2.75) is 32.3 Å². The van der Waals surface area contributed by atoms with E-state index in [-0.39, 0.29) is 19.6 Å². The van der Waals surface area contributed by atoms with Crippen molar-refractivity contribution in [1.82, 2.24) is 0 Å². The van der Waals surface area contributed by atoms with Gasteiger partial charge in [-0.1, -0.05) is 19.9 Å². The molecule has 1 atom stereocenters. The maximum atomic E-state index is 9.25. The molecule has 0 radical (unpaired) electrons. The van der Waals surface area contributed by atoms with E-state index in [0.717, 1.165) is 18.9 Å². The Balaban J connectivity index is -0.000000177. The summed E-state index contributed by atoms with van der Waals surface area (Å²) >= 11 is 0. The van der Waals surface area contributed by atoms with Crippen molar-refractivity contribution in [2.75, 3.05) is 19.8 Å². The molecule has 0 aromatic carbocycles. The zero-order valence-electron chi connectivity index (χ0n) is 10.2. The van der Waals surface area contributed by atoms with E-state index in [1.807, 2.05) is 0 Å². The number of carboxylic acid groups (broad SMARTS) is 1. The number of unbranched alkanes of at least 4 members (excludes halogenated alkanes) is 1. The van der Waals surface area contributed by atoms with E-state index in [9.17, 15) is 4.79 Å². The second-order valence-electron chi connectivity index (χ2n) is 2.97. The predicted octanol–water partition coefficient (Wildman–Crippen LogP) is -0.242. The molecule has 1 unspecified atom stereocenters. The predicted molar refractivity (Wildman–Crippen MR) is 64.6 cm³/mol. The molecule has 0 aliphatic heterocycles. The Morgan fingerprint density at radius 1 is 1.29 bits per heavy atom. The summed E-state index contributed by atoms with van der Waals surface area (Å²) in [5, 5.41) is 40.3. The van der Waals surface area contributed by atoms with Crippen molar-refractivity contribution in [2.24, 2.45) is 0 Å². The molecule has 6 heteroatoms. The van der Waals surface area contributed by atoms with Crippen LogP contribution in [0, 0.1) is 0 Å². The van der Waals surface area contributed by atoms with Crippen LogP contribution in [0.25, 0.3) is 0 Å². The van der Waals surface area contributed by atoms with Crippen LogP contribution in [0.1, 0.15) is 26.2 Å². The topological polar surface area (TPSA) is 118 Å². The van der Waals surface area contributed by atoms with Gasteiger partial charge < -0.3 is 25.5 Å². The molecule has 0 bridgehead atoms. The van der Waals surface area contributed by atoms with Crippen LogP contribution in [0.2, 0.25) is 0 Å². The van der Waals surface area contributed by atoms with Gasteiger partial charge in [-0.05, 0) is 12.8 Å². The van der Waals surface area contributed by atoms with Crippen molar-refractivity contribution < 1.29 is 30.3 Å². The third kappa shape index (κ3) is 39.6. The molecule has 0 amide bonds. The third-order valence-electron chi connectivity index (χ3n) is 1.36. The van der Waals surface area contributed by atoms with Gasteiger partial charge in [0.05, 0.1) is 12.7 Å².